The van der Waals surface area contributed by atoms with E-state index in [-0.39, 0.29) is 0 Å². The van der Waals surface area contributed by atoms with Gasteiger partial charge >= 0.3 is 0 Å². The molecule has 0 atom stereocenters. The molecule has 24 heavy (non-hydrogen) atoms. The molecule has 0 aliphatic carbocycles. The van der Waals surface area contributed by atoms with Gasteiger partial charge in [-0.15, -0.1) is 0 Å². The van der Waals surface area contributed by atoms with Crippen molar-refractivity contribution >= 4 is 22.5 Å². The van der Waals surface area contributed by atoms with Gasteiger partial charge in [0.15, 0.2) is 0 Å². The minimum Gasteiger partial charge on any atom is -0.497 e. The number of hydrogen-bond acceptors (Lipinski definition) is 3. The third-order valence-electron chi connectivity index (χ3n) is 3.91. The zero-order valence-electron chi connectivity index (χ0n) is 13.8. The van der Waals surface area contributed by atoms with E-state index < -0.39 is 0 Å². The summed E-state index contributed by atoms with van der Waals surface area (Å²) in [4.78, 5) is 0. The van der Waals surface area contributed by atoms with Crippen LogP contribution in [0.4, 0.5) is 0 Å². The molecule has 1 heterocycles. The van der Waals surface area contributed by atoms with Gasteiger partial charge in [-0.3, -0.25) is 0 Å². The molecule has 0 unspecified atom stereocenters. The topological polar surface area (TPSA) is 32.6 Å². The van der Waals surface area contributed by atoms with Crippen LogP contribution in [0.1, 0.15) is 6.42 Å². The van der Waals surface area contributed by atoms with Crippen LogP contribution in [0.15, 0.2) is 48.7 Å². The minimum absolute atomic E-state index is 0.641. The van der Waals surface area contributed by atoms with Crippen molar-refractivity contribution in [2.24, 2.45) is 0 Å². The van der Waals surface area contributed by atoms with Gasteiger partial charge in [0.2, 0.25) is 0 Å². The molecule has 126 valence electrons. The highest BCUT2D eigenvalue weighted by atomic mass is 35.5. The fraction of sp³-hybridized carbons (Fsp3) is 0.263. The maximum atomic E-state index is 5.87. The molecule has 0 radical (unpaired) electrons. The van der Waals surface area contributed by atoms with Crippen molar-refractivity contribution in [1.82, 2.24) is 4.57 Å². The summed E-state index contributed by atoms with van der Waals surface area (Å²) in [7, 11) is 3.33. The number of fused-ring (bicyclic) bond motifs is 1. The van der Waals surface area contributed by atoms with E-state index in [1.165, 1.54) is 0 Å². The first-order chi connectivity index (χ1) is 11.7. The summed E-state index contributed by atoms with van der Waals surface area (Å²) in [5.41, 5.74) is 1.10. The number of ether oxygens (including phenoxy) is 3. The van der Waals surface area contributed by atoms with Crippen molar-refractivity contribution in [3.8, 4) is 17.2 Å². The number of halogens is 1. The highest BCUT2D eigenvalue weighted by Gasteiger charge is 2.09. The van der Waals surface area contributed by atoms with Crippen LogP contribution in [0.5, 0.6) is 17.2 Å². The van der Waals surface area contributed by atoms with Crippen molar-refractivity contribution < 1.29 is 14.2 Å². The summed E-state index contributed by atoms with van der Waals surface area (Å²) in [5, 5.41) is 1.79. The van der Waals surface area contributed by atoms with Crippen molar-refractivity contribution in [3.63, 3.8) is 0 Å². The van der Waals surface area contributed by atoms with E-state index in [4.69, 9.17) is 25.8 Å². The van der Waals surface area contributed by atoms with Crippen molar-refractivity contribution in [3.05, 3.63) is 53.7 Å². The second kappa shape index (κ2) is 7.49. The fourth-order valence-electron chi connectivity index (χ4n) is 2.67. The second-order valence-corrected chi connectivity index (χ2v) is 5.86. The number of benzene rings is 2. The lowest BCUT2D eigenvalue weighted by atomic mass is 10.2. The van der Waals surface area contributed by atoms with Gasteiger partial charge in [-0.05, 0) is 36.8 Å². The molecule has 0 amide bonds. The molecular formula is C19H20ClNO3. The Bertz CT molecular complexity index is 811. The maximum absolute atomic E-state index is 5.87. The minimum atomic E-state index is 0.641. The predicted octanol–water partition coefficient (Wildman–Crippen LogP) is 4.78. The molecule has 4 nitrogen and oxygen atoms in total. The van der Waals surface area contributed by atoms with Crippen LogP contribution in [0.25, 0.3) is 10.9 Å². The summed E-state index contributed by atoms with van der Waals surface area (Å²) in [5.74, 6) is 2.44. The average Bonchev–Trinajstić information content (AvgIpc) is 3.02. The lowest BCUT2D eigenvalue weighted by Crippen LogP contribution is -2.03. The summed E-state index contributed by atoms with van der Waals surface area (Å²) >= 11 is 5.87. The first kappa shape index (κ1) is 16.5. The maximum Gasteiger partial charge on any atom is 0.131 e. The van der Waals surface area contributed by atoms with E-state index in [2.05, 4.69) is 16.8 Å². The lowest BCUT2D eigenvalue weighted by Gasteiger charge is -2.10. The molecule has 0 bridgehead atoms. The van der Waals surface area contributed by atoms with Crippen LogP contribution < -0.4 is 14.2 Å². The summed E-state index contributed by atoms with van der Waals surface area (Å²) < 4.78 is 18.7. The van der Waals surface area contributed by atoms with E-state index >= 15 is 0 Å². The van der Waals surface area contributed by atoms with Gasteiger partial charge in [-0.25, -0.2) is 0 Å². The number of nitrogens with zero attached hydrogens (tertiary/aromatic N) is 1. The molecule has 0 saturated heterocycles. The van der Waals surface area contributed by atoms with Crippen LogP contribution in [-0.2, 0) is 6.54 Å². The molecule has 0 fully saturated rings. The predicted molar refractivity (Wildman–Crippen MR) is 96.6 cm³/mol. The standard InChI is InChI=1S/C19H20ClNO3/c1-22-16-12-18-17(19(13-16)23-2)8-10-21(18)9-3-11-24-15-6-4-14(20)5-7-15/h4-8,10,12-13H,3,9,11H2,1-2H3. The zero-order valence-corrected chi connectivity index (χ0v) is 14.5. The Labute approximate surface area is 146 Å². The first-order valence-electron chi connectivity index (χ1n) is 7.80. The number of hydrogen-bond donors (Lipinski definition) is 0. The highest BCUT2D eigenvalue weighted by molar-refractivity contribution is 6.30. The van der Waals surface area contributed by atoms with Gasteiger partial charge < -0.3 is 18.8 Å². The molecule has 0 saturated carbocycles. The quantitative estimate of drug-likeness (QED) is 0.578. The van der Waals surface area contributed by atoms with Gasteiger partial charge in [0.1, 0.15) is 17.2 Å². The van der Waals surface area contributed by atoms with Crippen LogP contribution in [0.3, 0.4) is 0 Å². The Hall–Kier alpha value is -2.33. The Morgan fingerprint density at radius 2 is 1.75 bits per heavy atom. The summed E-state index contributed by atoms with van der Waals surface area (Å²) in [6.45, 7) is 1.50. The van der Waals surface area contributed by atoms with Gasteiger partial charge in [0.05, 0.1) is 26.3 Å². The summed E-state index contributed by atoms with van der Waals surface area (Å²) in [6.07, 6.45) is 2.96. The Morgan fingerprint density at radius 1 is 0.958 bits per heavy atom. The van der Waals surface area contributed by atoms with Crippen molar-refractivity contribution in [2.45, 2.75) is 13.0 Å². The number of methoxy groups -OCH3 is 2. The van der Waals surface area contributed by atoms with E-state index in [0.717, 1.165) is 41.1 Å². The van der Waals surface area contributed by atoms with Crippen molar-refractivity contribution in [2.75, 3.05) is 20.8 Å². The molecule has 0 aliphatic heterocycles. The number of aryl methyl sites for hydroxylation is 1. The molecule has 0 N–H and O–H groups in total. The van der Waals surface area contributed by atoms with Gasteiger partial charge in [0, 0.05) is 35.3 Å². The Morgan fingerprint density at radius 3 is 2.46 bits per heavy atom. The SMILES string of the molecule is COc1cc(OC)c2ccn(CCCOc3ccc(Cl)cc3)c2c1. The van der Waals surface area contributed by atoms with Crippen LogP contribution in [0, 0.1) is 0 Å². The largest absolute Gasteiger partial charge is 0.497 e. The highest BCUT2D eigenvalue weighted by Crippen LogP contribution is 2.32. The molecule has 2 aromatic carbocycles. The van der Waals surface area contributed by atoms with Gasteiger partial charge in [0.25, 0.3) is 0 Å². The van der Waals surface area contributed by atoms with E-state index in [1.807, 2.05) is 36.4 Å². The molecule has 0 spiro atoms. The molecule has 1 aromatic heterocycles. The van der Waals surface area contributed by atoms with E-state index in [1.54, 1.807) is 14.2 Å². The second-order valence-electron chi connectivity index (χ2n) is 5.43. The Balaban J connectivity index is 1.65. The Kier molecular flexibility index (Phi) is 5.16. The van der Waals surface area contributed by atoms with Crippen LogP contribution in [-0.4, -0.2) is 25.4 Å². The first-order valence-corrected chi connectivity index (χ1v) is 8.18. The number of aromatic nitrogens is 1. The number of rotatable bonds is 7. The molecule has 0 aliphatic rings. The monoisotopic (exact) mass is 345 g/mol. The van der Waals surface area contributed by atoms with Gasteiger partial charge in [-0.1, -0.05) is 11.6 Å². The van der Waals surface area contributed by atoms with Crippen LogP contribution in [0.2, 0.25) is 5.02 Å². The normalized spacial score (nSPS) is 10.8. The molecule has 3 rings (SSSR count). The van der Waals surface area contributed by atoms with Crippen LogP contribution >= 0.6 is 11.6 Å². The van der Waals surface area contributed by atoms with E-state index in [0.29, 0.717) is 11.6 Å². The third-order valence-corrected chi connectivity index (χ3v) is 4.16. The third kappa shape index (κ3) is 3.60. The summed E-state index contributed by atoms with van der Waals surface area (Å²) in [6, 6.07) is 13.4. The zero-order chi connectivity index (χ0) is 16.9. The fourth-order valence-corrected chi connectivity index (χ4v) is 2.80. The molecular weight excluding hydrogens is 326 g/mol. The average molecular weight is 346 g/mol. The molecule has 5 heteroatoms. The van der Waals surface area contributed by atoms with E-state index in [9.17, 15) is 0 Å². The molecule has 3 aromatic rings. The van der Waals surface area contributed by atoms with Gasteiger partial charge in [-0.2, -0.15) is 0 Å². The smallest absolute Gasteiger partial charge is 0.131 e. The van der Waals surface area contributed by atoms with Crippen molar-refractivity contribution in [1.29, 1.82) is 0 Å². The lowest BCUT2D eigenvalue weighted by molar-refractivity contribution is 0.302.